The van der Waals surface area contributed by atoms with E-state index in [9.17, 15) is 0 Å². The van der Waals surface area contributed by atoms with Crippen LogP contribution in [0.5, 0.6) is 0 Å². The van der Waals surface area contributed by atoms with Gasteiger partial charge in [0.2, 0.25) is 0 Å². The Kier molecular flexibility index (Phi) is 6.46. The maximum Gasteiger partial charge on any atom is 0.0795 e. The third kappa shape index (κ3) is 4.52. The van der Waals surface area contributed by atoms with Crippen LogP contribution in [0.25, 0.3) is 0 Å². The minimum atomic E-state index is -0.176. The Balaban J connectivity index is 0.000000253. The maximum atomic E-state index is 8.60. The zero-order valence-corrected chi connectivity index (χ0v) is 9.75. The van der Waals surface area contributed by atoms with Crippen LogP contribution in [0.15, 0.2) is 0 Å². The first-order valence-electron chi connectivity index (χ1n) is 5.80. The molecule has 1 heterocycles. The van der Waals surface area contributed by atoms with Crippen molar-refractivity contribution in [1.29, 1.82) is 0 Å². The van der Waals surface area contributed by atoms with Crippen LogP contribution >= 0.6 is 0 Å². The monoisotopic (exact) mass is 216 g/mol. The van der Waals surface area contributed by atoms with Gasteiger partial charge in [-0.3, -0.25) is 0 Å². The van der Waals surface area contributed by atoms with Gasteiger partial charge in [-0.1, -0.05) is 34.6 Å². The molecule has 2 nitrogen and oxygen atoms in total. The average molecular weight is 216 g/mol. The predicted octanol–water partition coefficient (Wildman–Crippen LogP) is 3.24. The second kappa shape index (κ2) is 6.49. The van der Waals surface area contributed by atoms with Crippen LogP contribution in [0, 0.1) is 11.3 Å². The Morgan fingerprint density at radius 3 is 2.00 bits per heavy atom. The van der Waals surface area contributed by atoms with E-state index in [1.807, 2.05) is 0 Å². The first-order valence-corrected chi connectivity index (χ1v) is 5.80. The van der Waals surface area contributed by atoms with E-state index in [1.165, 1.54) is 19.3 Å². The van der Waals surface area contributed by atoms with E-state index in [4.69, 9.17) is 9.84 Å². The second-order valence-corrected chi connectivity index (χ2v) is 5.18. The van der Waals surface area contributed by atoms with Crippen molar-refractivity contribution in [1.82, 2.24) is 0 Å². The average Bonchev–Trinajstić information content (AvgIpc) is 2.52. The largest absolute Gasteiger partial charge is 0.391 e. The third-order valence-electron chi connectivity index (χ3n) is 3.80. The second-order valence-electron chi connectivity index (χ2n) is 5.18. The van der Waals surface area contributed by atoms with E-state index in [0.717, 1.165) is 24.4 Å². The molecule has 1 saturated carbocycles. The van der Waals surface area contributed by atoms with Gasteiger partial charge in [-0.25, -0.2) is 0 Å². The van der Waals surface area contributed by atoms with Gasteiger partial charge in [0, 0.05) is 6.61 Å². The maximum absolute atomic E-state index is 8.60. The lowest BCUT2D eigenvalue weighted by atomic mass is 9.64. The molecule has 1 atom stereocenters. The molecule has 2 heteroatoms. The van der Waals surface area contributed by atoms with E-state index in [2.05, 4.69) is 20.8 Å². The molecular weight excluding hydrogens is 188 g/mol. The summed E-state index contributed by atoms with van der Waals surface area (Å²) in [6.07, 6.45) is 5.04. The predicted molar refractivity (Wildman–Crippen MR) is 65.0 cm³/mol. The molecule has 15 heavy (non-hydrogen) atoms. The molecule has 1 aliphatic heterocycles. The molecule has 2 fully saturated rings. The summed E-state index contributed by atoms with van der Waals surface area (Å²) in [7, 11) is 0. The van der Waals surface area contributed by atoms with Gasteiger partial charge in [-0.15, -0.1) is 0 Å². The van der Waals surface area contributed by atoms with Gasteiger partial charge >= 0.3 is 0 Å². The smallest absolute Gasteiger partial charge is 0.0795 e. The van der Waals surface area contributed by atoms with Crippen LogP contribution < -0.4 is 0 Å². The summed E-state index contributed by atoms with van der Waals surface area (Å²) in [5.74, 6) is 0.899. The number of aliphatic hydroxyl groups excluding tert-OH is 1. The molecule has 2 aliphatic rings. The fraction of sp³-hybridized carbons (Fsp3) is 1.00. The molecule has 92 valence electrons. The molecule has 1 aliphatic carbocycles. The Morgan fingerprint density at radius 1 is 1.33 bits per heavy atom. The number of hydrogen-bond acceptors (Lipinski definition) is 2. The first kappa shape index (κ1) is 14.9. The quantitative estimate of drug-likeness (QED) is 0.729. The molecule has 1 saturated heterocycles. The lowest BCUT2D eigenvalue weighted by molar-refractivity contribution is 0.0934. The Morgan fingerprint density at radius 2 is 1.93 bits per heavy atom. The van der Waals surface area contributed by atoms with Crippen LogP contribution in [-0.4, -0.2) is 24.4 Å². The van der Waals surface area contributed by atoms with Crippen molar-refractivity contribution in [3.63, 3.8) is 0 Å². The van der Waals surface area contributed by atoms with Crippen molar-refractivity contribution < 1.29 is 9.84 Å². The van der Waals surface area contributed by atoms with Gasteiger partial charge in [-0.2, -0.15) is 0 Å². The Bertz CT molecular complexity index is 156. The highest BCUT2D eigenvalue weighted by Crippen LogP contribution is 2.46. The normalized spacial score (nSPS) is 27.4. The standard InChI is InChI=1S/C8H16.C4H8O2.CH4/c1-7(2)8(3)5-4-6-8;5-4-1-2-6-3-4;/h7H,4-6H2,1-3H3;4-5H,1-3H2;1H4. The summed E-state index contributed by atoms with van der Waals surface area (Å²) in [5, 5.41) is 8.60. The van der Waals surface area contributed by atoms with Gasteiger partial charge in [-0.05, 0) is 30.6 Å². The van der Waals surface area contributed by atoms with Crippen molar-refractivity contribution >= 4 is 0 Å². The van der Waals surface area contributed by atoms with Gasteiger partial charge < -0.3 is 9.84 Å². The fourth-order valence-electron chi connectivity index (χ4n) is 1.83. The molecule has 1 unspecified atom stereocenters. The number of hydrogen-bond donors (Lipinski definition) is 1. The van der Waals surface area contributed by atoms with Crippen LogP contribution in [-0.2, 0) is 4.74 Å². The highest BCUT2D eigenvalue weighted by atomic mass is 16.5. The number of rotatable bonds is 1. The fourth-order valence-corrected chi connectivity index (χ4v) is 1.83. The van der Waals surface area contributed by atoms with Crippen molar-refractivity contribution in [2.24, 2.45) is 11.3 Å². The van der Waals surface area contributed by atoms with E-state index in [0.29, 0.717) is 6.61 Å². The summed E-state index contributed by atoms with van der Waals surface area (Å²) >= 11 is 0. The lowest BCUT2D eigenvalue weighted by Gasteiger charge is -2.42. The summed E-state index contributed by atoms with van der Waals surface area (Å²) in [4.78, 5) is 0. The summed E-state index contributed by atoms with van der Waals surface area (Å²) in [6, 6.07) is 0. The highest BCUT2D eigenvalue weighted by molar-refractivity contribution is 4.85. The Labute approximate surface area is 95.0 Å². The van der Waals surface area contributed by atoms with Crippen molar-refractivity contribution in [2.45, 2.75) is 60.0 Å². The Hall–Kier alpha value is -0.0800. The molecule has 0 spiro atoms. The lowest BCUT2D eigenvalue weighted by Crippen LogP contribution is -2.30. The molecule has 0 aromatic carbocycles. The molecule has 0 radical (unpaired) electrons. The summed E-state index contributed by atoms with van der Waals surface area (Å²) in [6.45, 7) is 8.35. The van der Waals surface area contributed by atoms with Crippen LogP contribution in [0.1, 0.15) is 53.9 Å². The number of aliphatic hydroxyl groups is 1. The van der Waals surface area contributed by atoms with Crippen molar-refractivity contribution in [2.75, 3.05) is 13.2 Å². The highest BCUT2D eigenvalue weighted by Gasteiger charge is 2.34. The zero-order valence-electron chi connectivity index (χ0n) is 9.75. The van der Waals surface area contributed by atoms with Crippen molar-refractivity contribution in [3.8, 4) is 0 Å². The van der Waals surface area contributed by atoms with Crippen LogP contribution in [0.4, 0.5) is 0 Å². The first-order chi connectivity index (χ1) is 6.54. The molecule has 0 aromatic rings. The molecule has 0 bridgehead atoms. The molecule has 0 aromatic heterocycles. The zero-order chi connectivity index (χ0) is 10.6. The molecule has 0 amide bonds. The topological polar surface area (TPSA) is 29.5 Å². The van der Waals surface area contributed by atoms with E-state index in [1.54, 1.807) is 0 Å². The van der Waals surface area contributed by atoms with E-state index < -0.39 is 0 Å². The van der Waals surface area contributed by atoms with E-state index in [-0.39, 0.29) is 13.5 Å². The minimum Gasteiger partial charge on any atom is -0.391 e. The van der Waals surface area contributed by atoms with Gasteiger partial charge in [0.15, 0.2) is 0 Å². The van der Waals surface area contributed by atoms with Gasteiger partial charge in [0.1, 0.15) is 0 Å². The third-order valence-corrected chi connectivity index (χ3v) is 3.80. The molecular formula is C13H28O2. The van der Waals surface area contributed by atoms with Crippen molar-refractivity contribution in [3.05, 3.63) is 0 Å². The number of ether oxygens (including phenoxy) is 1. The van der Waals surface area contributed by atoms with E-state index >= 15 is 0 Å². The van der Waals surface area contributed by atoms with Gasteiger partial charge in [0.25, 0.3) is 0 Å². The van der Waals surface area contributed by atoms with Gasteiger partial charge in [0.05, 0.1) is 12.7 Å². The molecule has 1 N–H and O–H groups in total. The summed E-state index contributed by atoms with van der Waals surface area (Å²) < 4.78 is 4.81. The SMILES string of the molecule is C.CC(C)C1(C)CCC1.OC1CCOC1. The van der Waals surface area contributed by atoms with Crippen LogP contribution in [0.2, 0.25) is 0 Å². The van der Waals surface area contributed by atoms with Crippen LogP contribution in [0.3, 0.4) is 0 Å². The summed E-state index contributed by atoms with van der Waals surface area (Å²) in [5.41, 5.74) is 0.722. The molecule has 2 rings (SSSR count). The minimum absolute atomic E-state index is 0.